The van der Waals surface area contributed by atoms with Crippen molar-refractivity contribution in [1.82, 2.24) is 4.90 Å². The summed E-state index contributed by atoms with van der Waals surface area (Å²) in [6.45, 7) is 3.59. The summed E-state index contributed by atoms with van der Waals surface area (Å²) in [7, 11) is 0. The van der Waals surface area contributed by atoms with Gasteiger partial charge in [0.05, 0.1) is 25.9 Å². The Kier molecular flexibility index (Phi) is 4.47. The Bertz CT molecular complexity index is 393. The van der Waals surface area contributed by atoms with Gasteiger partial charge in [0.15, 0.2) is 5.78 Å². The number of carbonyl (C=O) groups is 1. The van der Waals surface area contributed by atoms with Gasteiger partial charge in [-0.1, -0.05) is 30.3 Å². The van der Waals surface area contributed by atoms with Gasteiger partial charge in [-0.05, 0) is 6.92 Å². The van der Waals surface area contributed by atoms with E-state index in [-0.39, 0.29) is 24.5 Å². The Morgan fingerprint density at radius 1 is 1.44 bits per heavy atom. The number of ether oxygens (including phenoxy) is 1. The molecular weight excluding hydrogens is 230 g/mol. The highest BCUT2D eigenvalue weighted by Gasteiger charge is 2.27. The molecule has 0 aliphatic carbocycles. The van der Waals surface area contributed by atoms with Gasteiger partial charge in [-0.25, -0.2) is 0 Å². The molecule has 0 aromatic heterocycles. The number of morpholine rings is 1. The fourth-order valence-corrected chi connectivity index (χ4v) is 2.11. The third-order valence-corrected chi connectivity index (χ3v) is 3.28. The van der Waals surface area contributed by atoms with Crippen LogP contribution in [0.25, 0.3) is 0 Å². The topological polar surface area (TPSA) is 49.8 Å². The van der Waals surface area contributed by atoms with Crippen molar-refractivity contribution in [3.63, 3.8) is 0 Å². The van der Waals surface area contributed by atoms with Crippen molar-refractivity contribution in [3.05, 3.63) is 35.9 Å². The third kappa shape index (κ3) is 3.16. The Morgan fingerprint density at radius 3 is 2.83 bits per heavy atom. The number of Topliss-reactive ketones (excluding diaryl/α,β-unsaturated/α-hetero) is 1. The number of nitrogens with zero attached hydrogens (tertiary/aromatic N) is 1. The van der Waals surface area contributed by atoms with E-state index in [1.165, 1.54) is 0 Å². The van der Waals surface area contributed by atoms with Gasteiger partial charge in [-0.2, -0.15) is 0 Å². The molecule has 98 valence electrons. The molecule has 0 saturated carbocycles. The number of rotatable bonds is 4. The second-order valence-electron chi connectivity index (χ2n) is 4.71. The van der Waals surface area contributed by atoms with Gasteiger partial charge in [0.1, 0.15) is 0 Å². The molecule has 0 radical (unpaired) electrons. The van der Waals surface area contributed by atoms with Crippen molar-refractivity contribution in [3.8, 4) is 0 Å². The smallest absolute Gasteiger partial charge is 0.176 e. The maximum absolute atomic E-state index is 12.1. The monoisotopic (exact) mass is 249 g/mol. The van der Waals surface area contributed by atoms with Crippen LogP contribution in [0.15, 0.2) is 30.3 Å². The van der Waals surface area contributed by atoms with E-state index in [0.717, 1.165) is 5.56 Å². The van der Waals surface area contributed by atoms with E-state index in [1.807, 2.05) is 37.3 Å². The first-order valence-electron chi connectivity index (χ1n) is 6.25. The van der Waals surface area contributed by atoms with Crippen LogP contribution < -0.4 is 0 Å². The van der Waals surface area contributed by atoms with E-state index < -0.39 is 0 Å². The van der Waals surface area contributed by atoms with Crippen molar-refractivity contribution in [2.75, 3.05) is 26.3 Å². The highest BCUT2D eigenvalue weighted by molar-refractivity contribution is 5.97. The number of carbonyl (C=O) groups excluding carboxylic acids is 1. The lowest BCUT2D eigenvalue weighted by atomic mass is 10.1. The number of aliphatic hydroxyl groups excluding tert-OH is 1. The molecule has 1 aliphatic rings. The maximum atomic E-state index is 12.1. The number of benzene rings is 1. The zero-order valence-corrected chi connectivity index (χ0v) is 10.6. The zero-order chi connectivity index (χ0) is 13.0. The van der Waals surface area contributed by atoms with Crippen molar-refractivity contribution in [2.24, 2.45) is 0 Å². The predicted molar refractivity (Wildman–Crippen MR) is 68.6 cm³/mol. The Balaban J connectivity index is 1.97. The third-order valence-electron chi connectivity index (χ3n) is 3.28. The molecule has 18 heavy (non-hydrogen) atoms. The first kappa shape index (κ1) is 13.2. The molecular formula is C14H19NO3. The lowest BCUT2D eigenvalue weighted by molar-refractivity contribution is -0.0747. The van der Waals surface area contributed by atoms with Gasteiger partial charge in [-0.3, -0.25) is 9.69 Å². The molecule has 1 N–H and O–H groups in total. The van der Waals surface area contributed by atoms with E-state index in [4.69, 9.17) is 9.84 Å². The lowest BCUT2D eigenvalue weighted by Gasteiger charge is -2.36. The highest BCUT2D eigenvalue weighted by atomic mass is 16.5. The number of aliphatic hydroxyl groups is 1. The van der Waals surface area contributed by atoms with Crippen LogP contribution in [-0.4, -0.2) is 54.2 Å². The molecule has 1 fully saturated rings. The molecule has 1 aromatic rings. The van der Waals surface area contributed by atoms with Crippen molar-refractivity contribution in [1.29, 1.82) is 0 Å². The van der Waals surface area contributed by atoms with Gasteiger partial charge in [0.25, 0.3) is 0 Å². The average molecular weight is 249 g/mol. The highest BCUT2D eigenvalue weighted by Crippen LogP contribution is 2.12. The van der Waals surface area contributed by atoms with Crippen molar-refractivity contribution < 1.29 is 14.6 Å². The quantitative estimate of drug-likeness (QED) is 0.807. The Hall–Kier alpha value is -1.23. The normalized spacial score (nSPS) is 25.0. The first-order chi connectivity index (χ1) is 8.70. The second kappa shape index (κ2) is 6.09. The van der Waals surface area contributed by atoms with Gasteiger partial charge in [0, 0.05) is 18.2 Å². The van der Waals surface area contributed by atoms with E-state index in [2.05, 4.69) is 4.90 Å². The predicted octanol–water partition coefficient (Wildman–Crippen LogP) is 0.951. The van der Waals surface area contributed by atoms with Gasteiger partial charge in [-0.15, -0.1) is 0 Å². The SMILES string of the molecule is CC1COC(CO)CN1CC(=O)c1ccccc1. The van der Waals surface area contributed by atoms with Crippen LogP contribution >= 0.6 is 0 Å². The largest absolute Gasteiger partial charge is 0.394 e. The average Bonchev–Trinajstić information content (AvgIpc) is 2.42. The molecule has 2 atom stereocenters. The van der Waals surface area contributed by atoms with Crippen LogP contribution in [0, 0.1) is 0 Å². The fraction of sp³-hybridized carbons (Fsp3) is 0.500. The maximum Gasteiger partial charge on any atom is 0.176 e. The number of ketones is 1. The van der Waals surface area contributed by atoms with Crippen molar-refractivity contribution in [2.45, 2.75) is 19.1 Å². The summed E-state index contributed by atoms with van der Waals surface area (Å²) in [6, 6.07) is 9.50. The molecule has 4 nitrogen and oxygen atoms in total. The van der Waals surface area contributed by atoms with Crippen LogP contribution in [0.4, 0.5) is 0 Å². The summed E-state index contributed by atoms with van der Waals surface area (Å²) in [4.78, 5) is 14.2. The van der Waals surface area contributed by atoms with E-state index in [0.29, 0.717) is 19.7 Å². The molecule has 2 rings (SSSR count). The van der Waals surface area contributed by atoms with Gasteiger partial charge >= 0.3 is 0 Å². The van der Waals surface area contributed by atoms with Crippen LogP contribution in [-0.2, 0) is 4.74 Å². The molecule has 1 aromatic carbocycles. The minimum absolute atomic E-state index is 0.00273. The van der Waals surface area contributed by atoms with E-state index in [1.54, 1.807) is 0 Å². The molecule has 1 aliphatic heterocycles. The van der Waals surface area contributed by atoms with Gasteiger partial charge < -0.3 is 9.84 Å². The summed E-state index contributed by atoms with van der Waals surface area (Å²) in [6.07, 6.45) is -0.176. The summed E-state index contributed by atoms with van der Waals surface area (Å²) in [5.74, 6) is 0.112. The summed E-state index contributed by atoms with van der Waals surface area (Å²) >= 11 is 0. The number of hydrogen-bond acceptors (Lipinski definition) is 4. The van der Waals surface area contributed by atoms with Crippen LogP contribution in [0.5, 0.6) is 0 Å². The summed E-state index contributed by atoms with van der Waals surface area (Å²) < 4.78 is 5.45. The summed E-state index contributed by atoms with van der Waals surface area (Å²) in [5, 5.41) is 9.11. The molecule has 1 saturated heterocycles. The van der Waals surface area contributed by atoms with Gasteiger partial charge in [0.2, 0.25) is 0 Å². The minimum atomic E-state index is -0.176. The van der Waals surface area contributed by atoms with E-state index >= 15 is 0 Å². The lowest BCUT2D eigenvalue weighted by Crippen LogP contribution is -2.51. The first-order valence-corrected chi connectivity index (χ1v) is 6.25. The van der Waals surface area contributed by atoms with E-state index in [9.17, 15) is 4.79 Å². The standard InChI is InChI=1S/C14H19NO3/c1-11-10-18-13(9-16)7-15(11)8-14(17)12-5-3-2-4-6-12/h2-6,11,13,16H,7-10H2,1H3. The molecule has 2 unspecified atom stereocenters. The Labute approximate surface area is 107 Å². The molecule has 1 heterocycles. The zero-order valence-electron chi connectivity index (χ0n) is 10.6. The summed E-state index contributed by atoms with van der Waals surface area (Å²) in [5.41, 5.74) is 0.733. The molecule has 0 amide bonds. The number of hydrogen-bond donors (Lipinski definition) is 1. The molecule has 0 bridgehead atoms. The van der Waals surface area contributed by atoms with Crippen LogP contribution in [0.3, 0.4) is 0 Å². The molecule has 4 heteroatoms. The van der Waals surface area contributed by atoms with Crippen LogP contribution in [0.2, 0.25) is 0 Å². The Morgan fingerprint density at radius 2 is 2.17 bits per heavy atom. The minimum Gasteiger partial charge on any atom is -0.394 e. The van der Waals surface area contributed by atoms with Crippen LogP contribution in [0.1, 0.15) is 17.3 Å². The van der Waals surface area contributed by atoms with Crippen molar-refractivity contribution >= 4 is 5.78 Å². The molecule has 0 spiro atoms. The second-order valence-corrected chi connectivity index (χ2v) is 4.71. The fourth-order valence-electron chi connectivity index (χ4n) is 2.11.